The normalized spacial score (nSPS) is 12.2. The van der Waals surface area contributed by atoms with Crippen molar-refractivity contribution in [3.8, 4) is 17.1 Å². The first-order chi connectivity index (χ1) is 12.4. The fourth-order valence-corrected chi connectivity index (χ4v) is 3.32. The van der Waals surface area contributed by atoms with Crippen molar-refractivity contribution in [2.75, 3.05) is 7.11 Å². The lowest BCUT2D eigenvalue weighted by atomic mass is 10.2. The van der Waals surface area contributed by atoms with Crippen molar-refractivity contribution in [1.82, 2.24) is 14.9 Å². The highest BCUT2D eigenvalue weighted by Crippen LogP contribution is 2.30. The van der Waals surface area contributed by atoms with Crippen LogP contribution in [0, 0.1) is 5.82 Å². The van der Waals surface area contributed by atoms with Crippen LogP contribution in [-0.2, 0) is 11.3 Å². The average Bonchev–Trinajstić information content (AvgIpc) is 2.92. The number of nitrogens with zero attached hydrogens (tertiary/aromatic N) is 2. The van der Waals surface area contributed by atoms with E-state index < -0.39 is 5.82 Å². The standard InChI is InChI=1S/C19H19BrFN3O2/c1-11(22-12(2)25)10-24-17-9-14(20)5-7-16(17)23-19(24)13-4-6-15(21)18(8-13)26-3/h4-9,11H,10H2,1-3H3,(H,22,25). The van der Waals surface area contributed by atoms with E-state index in [-0.39, 0.29) is 17.7 Å². The Labute approximate surface area is 159 Å². The van der Waals surface area contributed by atoms with Gasteiger partial charge in [0.15, 0.2) is 11.6 Å². The topological polar surface area (TPSA) is 56.1 Å². The van der Waals surface area contributed by atoms with E-state index in [1.54, 1.807) is 12.1 Å². The highest BCUT2D eigenvalue weighted by atomic mass is 79.9. The molecule has 1 heterocycles. The predicted molar refractivity (Wildman–Crippen MR) is 103 cm³/mol. The third-order valence-electron chi connectivity index (χ3n) is 4.03. The Morgan fingerprint density at radius 2 is 2.12 bits per heavy atom. The molecule has 1 amide bonds. The summed E-state index contributed by atoms with van der Waals surface area (Å²) >= 11 is 3.49. The van der Waals surface area contributed by atoms with E-state index in [9.17, 15) is 9.18 Å². The van der Waals surface area contributed by atoms with Crippen LogP contribution in [0.1, 0.15) is 13.8 Å². The molecule has 136 valence electrons. The van der Waals surface area contributed by atoms with Crippen LogP contribution in [0.5, 0.6) is 5.75 Å². The first-order valence-corrected chi connectivity index (χ1v) is 8.95. The van der Waals surface area contributed by atoms with Gasteiger partial charge in [0.05, 0.1) is 18.1 Å². The molecule has 7 heteroatoms. The zero-order valence-corrected chi connectivity index (χ0v) is 16.3. The van der Waals surface area contributed by atoms with Crippen LogP contribution < -0.4 is 10.1 Å². The number of rotatable bonds is 5. The number of aromatic nitrogens is 2. The molecule has 0 bridgehead atoms. The minimum absolute atomic E-state index is 0.0897. The number of nitrogens with one attached hydrogen (secondary N) is 1. The van der Waals surface area contributed by atoms with Crippen molar-refractivity contribution in [3.63, 3.8) is 0 Å². The van der Waals surface area contributed by atoms with Gasteiger partial charge in [-0.15, -0.1) is 0 Å². The van der Waals surface area contributed by atoms with Gasteiger partial charge in [0.2, 0.25) is 5.91 Å². The van der Waals surface area contributed by atoms with Crippen molar-refractivity contribution in [2.45, 2.75) is 26.4 Å². The maximum Gasteiger partial charge on any atom is 0.217 e. The maximum atomic E-state index is 13.8. The van der Waals surface area contributed by atoms with E-state index >= 15 is 0 Å². The monoisotopic (exact) mass is 419 g/mol. The number of halogens is 2. The zero-order valence-electron chi connectivity index (χ0n) is 14.7. The van der Waals surface area contributed by atoms with E-state index in [4.69, 9.17) is 9.72 Å². The van der Waals surface area contributed by atoms with Gasteiger partial charge in [0, 0.05) is 29.5 Å². The molecule has 0 aliphatic carbocycles. The van der Waals surface area contributed by atoms with E-state index in [1.807, 2.05) is 29.7 Å². The van der Waals surface area contributed by atoms with Crippen molar-refractivity contribution in [1.29, 1.82) is 0 Å². The first kappa shape index (κ1) is 18.4. The van der Waals surface area contributed by atoms with E-state index in [0.29, 0.717) is 12.4 Å². The zero-order chi connectivity index (χ0) is 18.8. The molecule has 0 radical (unpaired) electrons. The summed E-state index contributed by atoms with van der Waals surface area (Å²) in [7, 11) is 1.43. The molecule has 1 atom stereocenters. The SMILES string of the molecule is COc1cc(-c2nc3ccc(Br)cc3n2CC(C)NC(C)=O)ccc1F. The fourth-order valence-electron chi connectivity index (χ4n) is 2.97. The van der Waals surface area contributed by atoms with Crippen molar-refractivity contribution >= 4 is 32.9 Å². The maximum absolute atomic E-state index is 13.8. The number of ether oxygens (including phenoxy) is 1. The van der Waals surface area contributed by atoms with E-state index in [1.165, 1.54) is 20.1 Å². The molecule has 0 spiro atoms. The number of fused-ring (bicyclic) bond motifs is 1. The highest BCUT2D eigenvalue weighted by Gasteiger charge is 2.17. The van der Waals surface area contributed by atoms with Gasteiger partial charge in [0.25, 0.3) is 0 Å². The number of hydrogen-bond acceptors (Lipinski definition) is 3. The summed E-state index contributed by atoms with van der Waals surface area (Å²) in [5, 5.41) is 2.89. The summed E-state index contributed by atoms with van der Waals surface area (Å²) in [4.78, 5) is 16.1. The second-order valence-corrected chi connectivity index (χ2v) is 7.05. The van der Waals surface area contributed by atoms with Gasteiger partial charge in [0.1, 0.15) is 5.82 Å². The largest absolute Gasteiger partial charge is 0.494 e. The molecular formula is C19H19BrFN3O2. The second kappa shape index (κ2) is 7.45. The second-order valence-electron chi connectivity index (χ2n) is 6.13. The number of amides is 1. The summed E-state index contributed by atoms with van der Waals surface area (Å²) in [6.45, 7) is 3.95. The van der Waals surface area contributed by atoms with Crippen LogP contribution in [0.2, 0.25) is 0 Å². The molecular weight excluding hydrogens is 401 g/mol. The molecule has 5 nitrogen and oxygen atoms in total. The molecule has 0 fully saturated rings. The average molecular weight is 420 g/mol. The van der Waals surface area contributed by atoms with Crippen LogP contribution >= 0.6 is 15.9 Å². The Bertz CT molecular complexity index is 971. The van der Waals surface area contributed by atoms with Crippen LogP contribution in [0.15, 0.2) is 40.9 Å². The van der Waals surface area contributed by atoms with Gasteiger partial charge < -0.3 is 14.6 Å². The molecule has 1 aromatic heterocycles. The quantitative estimate of drug-likeness (QED) is 0.675. The summed E-state index contributed by atoms with van der Waals surface area (Å²) < 4.78 is 21.8. The Balaban J connectivity index is 2.14. The molecule has 2 aromatic carbocycles. The third kappa shape index (κ3) is 3.72. The van der Waals surface area contributed by atoms with Gasteiger partial charge in [-0.2, -0.15) is 0 Å². The summed E-state index contributed by atoms with van der Waals surface area (Å²) in [6.07, 6.45) is 0. The molecule has 1 unspecified atom stereocenters. The number of carbonyl (C=O) groups is 1. The van der Waals surface area contributed by atoms with Gasteiger partial charge in [-0.3, -0.25) is 4.79 Å². The number of carbonyl (C=O) groups excluding carboxylic acids is 1. The lowest BCUT2D eigenvalue weighted by molar-refractivity contribution is -0.119. The van der Waals surface area contributed by atoms with Crippen LogP contribution in [0.4, 0.5) is 4.39 Å². The number of benzene rings is 2. The van der Waals surface area contributed by atoms with E-state index in [2.05, 4.69) is 21.2 Å². The Morgan fingerprint density at radius 1 is 1.35 bits per heavy atom. The molecule has 26 heavy (non-hydrogen) atoms. The molecule has 1 N–H and O–H groups in total. The van der Waals surface area contributed by atoms with Crippen LogP contribution in [0.3, 0.4) is 0 Å². The summed E-state index contributed by atoms with van der Waals surface area (Å²) in [5.74, 6) is 0.340. The summed E-state index contributed by atoms with van der Waals surface area (Å²) in [6, 6.07) is 10.4. The minimum Gasteiger partial charge on any atom is -0.494 e. The Kier molecular flexibility index (Phi) is 5.27. The molecule has 0 saturated carbocycles. The van der Waals surface area contributed by atoms with Crippen LogP contribution in [0.25, 0.3) is 22.4 Å². The molecule has 0 aliphatic rings. The molecule has 3 rings (SSSR count). The smallest absolute Gasteiger partial charge is 0.217 e. The Hall–Kier alpha value is -2.41. The predicted octanol–water partition coefficient (Wildman–Crippen LogP) is 4.14. The van der Waals surface area contributed by atoms with Gasteiger partial charge >= 0.3 is 0 Å². The van der Waals surface area contributed by atoms with Crippen LogP contribution in [-0.4, -0.2) is 28.6 Å². The van der Waals surface area contributed by atoms with Gasteiger partial charge in [-0.05, 0) is 43.3 Å². The molecule has 3 aromatic rings. The van der Waals surface area contributed by atoms with Crippen molar-refractivity contribution in [3.05, 3.63) is 46.7 Å². The fraction of sp³-hybridized carbons (Fsp3) is 0.263. The van der Waals surface area contributed by atoms with Gasteiger partial charge in [-0.25, -0.2) is 9.37 Å². The lowest BCUT2D eigenvalue weighted by Crippen LogP contribution is -2.34. The molecule has 0 saturated heterocycles. The number of hydrogen-bond donors (Lipinski definition) is 1. The number of imidazole rings is 1. The van der Waals surface area contributed by atoms with Crippen molar-refractivity contribution in [2.24, 2.45) is 0 Å². The minimum atomic E-state index is -0.423. The highest BCUT2D eigenvalue weighted by molar-refractivity contribution is 9.10. The Morgan fingerprint density at radius 3 is 2.81 bits per heavy atom. The van der Waals surface area contributed by atoms with E-state index in [0.717, 1.165) is 21.1 Å². The van der Waals surface area contributed by atoms with Crippen molar-refractivity contribution < 1.29 is 13.9 Å². The lowest BCUT2D eigenvalue weighted by Gasteiger charge is -2.16. The molecule has 0 aliphatic heterocycles. The number of methoxy groups -OCH3 is 1. The van der Waals surface area contributed by atoms with Gasteiger partial charge in [-0.1, -0.05) is 15.9 Å². The third-order valence-corrected chi connectivity index (χ3v) is 4.52. The summed E-state index contributed by atoms with van der Waals surface area (Å²) in [5.41, 5.74) is 2.49. The first-order valence-electron chi connectivity index (χ1n) is 8.16.